The SMILES string of the molecule is Cc1c(C(=O)NC(C)C(C)C)nnn1-c1cccc2c1CCN(C)C2. The van der Waals surface area contributed by atoms with E-state index >= 15 is 0 Å². The molecule has 6 nitrogen and oxygen atoms in total. The fraction of sp³-hybridized carbons (Fsp3) is 0.526. The van der Waals surface area contributed by atoms with Gasteiger partial charge in [0.2, 0.25) is 0 Å². The van der Waals surface area contributed by atoms with Crippen LogP contribution in [0.5, 0.6) is 0 Å². The highest BCUT2D eigenvalue weighted by Gasteiger charge is 2.23. The van der Waals surface area contributed by atoms with Crippen LogP contribution >= 0.6 is 0 Å². The van der Waals surface area contributed by atoms with E-state index in [-0.39, 0.29) is 11.9 Å². The number of hydrogen-bond donors (Lipinski definition) is 1. The molecule has 2 aromatic rings. The largest absolute Gasteiger partial charge is 0.348 e. The third-order valence-electron chi connectivity index (χ3n) is 5.13. The fourth-order valence-electron chi connectivity index (χ4n) is 3.14. The number of carbonyl (C=O) groups excluding carboxylic acids is 1. The summed E-state index contributed by atoms with van der Waals surface area (Å²) in [5, 5.41) is 11.4. The van der Waals surface area contributed by atoms with Crippen molar-refractivity contribution < 1.29 is 4.79 Å². The van der Waals surface area contributed by atoms with E-state index in [9.17, 15) is 4.79 Å². The average Bonchev–Trinajstić information content (AvgIpc) is 2.95. The normalized spacial score (nSPS) is 15.9. The zero-order chi connectivity index (χ0) is 18.1. The van der Waals surface area contributed by atoms with Crippen LogP contribution in [0.3, 0.4) is 0 Å². The van der Waals surface area contributed by atoms with E-state index in [1.54, 1.807) is 4.68 Å². The Hall–Kier alpha value is -2.21. The molecule has 0 radical (unpaired) electrons. The first-order chi connectivity index (χ1) is 11.9. The molecule has 0 spiro atoms. The standard InChI is InChI=1S/C19H27N5O/c1-12(2)13(3)20-19(25)18-14(4)24(22-21-18)17-8-6-7-15-11-23(5)10-9-16(15)17/h6-8,12-13H,9-11H2,1-5H3,(H,20,25). The van der Waals surface area contributed by atoms with Gasteiger partial charge in [-0.2, -0.15) is 0 Å². The summed E-state index contributed by atoms with van der Waals surface area (Å²) in [6.45, 7) is 10.0. The Balaban J connectivity index is 1.92. The van der Waals surface area contributed by atoms with Crippen LogP contribution in [0.15, 0.2) is 18.2 Å². The number of amides is 1. The van der Waals surface area contributed by atoms with Gasteiger partial charge in [0.25, 0.3) is 5.91 Å². The van der Waals surface area contributed by atoms with Gasteiger partial charge in [-0.1, -0.05) is 31.2 Å². The third-order valence-corrected chi connectivity index (χ3v) is 5.13. The van der Waals surface area contributed by atoms with Crippen LogP contribution in [-0.4, -0.2) is 45.4 Å². The Morgan fingerprint density at radius 3 is 2.76 bits per heavy atom. The summed E-state index contributed by atoms with van der Waals surface area (Å²) in [5.41, 5.74) is 4.84. The second-order valence-electron chi connectivity index (χ2n) is 7.34. The second-order valence-corrected chi connectivity index (χ2v) is 7.34. The highest BCUT2D eigenvalue weighted by Crippen LogP contribution is 2.25. The van der Waals surface area contributed by atoms with Gasteiger partial charge in [0.1, 0.15) is 0 Å². The molecule has 1 amide bonds. The van der Waals surface area contributed by atoms with Gasteiger partial charge in [-0.25, -0.2) is 4.68 Å². The van der Waals surface area contributed by atoms with Crippen LogP contribution in [0.25, 0.3) is 5.69 Å². The Morgan fingerprint density at radius 1 is 1.28 bits per heavy atom. The Kier molecular flexibility index (Phi) is 4.90. The minimum Gasteiger partial charge on any atom is -0.348 e. The Morgan fingerprint density at radius 2 is 2.04 bits per heavy atom. The molecular formula is C19H27N5O. The number of rotatable bonds is 4. The molecule has 0 saturated carbocycles. The van der Waals surface area contributed by atoms with E-state index in [0.717, 1.165) is 30.9 Å². The number of fused-ring (bicyclic) bond motifs is 1. The summed E-state index contributed by atoms with van der Waals surface area (Å²) in [6.07, 6.45) is 0.979. The van der Waals surface area contributed by atoms with Crippen molar-refractivity contribution in [3.05, 3.63) is 40.7 Å². The Labute approximate surface area is 149 Å². The van der Waals surface area contributed by atoms with Crippen molar-refractivity contribution in [2.45, 2.75) is 46.7 Å². The highest BCUT2D eigenvalue weighted by molar-refractivity contribution is 5.93. The summed E-state index contributed by atoms with van der Waals surface area (Å²) in [4.78, 5) is 14.8. The number of carbonyl (C=O) groups is 1. The van der Waals surface area contributed by atoms with Gasteiger partial charge in [0.15, 0.2) is 5.69 Å². The second kappa shape index (κ2) is 6.96. The number of aromatic nitrogens is 3. The van der Waals surface area contributed by atoms with Crippen LogP contribution < -0.4 is 5.32 Å². The highest BCUT2D eigenvalue weighted by atomic mass is 16.2. The Bertz CT molecular complexity index is 780. The van der Waals surface area contributed by atoms with Gasteiger partial charge in [-0.05, 0) is 50.4 Å². The minimum absolute atomic E-state index is 0.0945. The first-order valence-corrected chi connectivity index (χ1v) is 8.91. The maximum absolute atomic E-state index is 12.5. The molecule has 0 bridgehead atoms. The first-order valence-electron chi connectivity index (χ1n) is 8.91. The molecule has 1 aliphatic heterocycles. The van der Waals surface area contributed by atoms with Crippen molar-refractivity contribution in [3.63, 3.8) is 0 Å². The minimum atomic E-state index is -0.158. The lowest BCUT2D eigenvalue weighted by Gasteiger charge is -2.26. The molecule has 1 aromatic heterocycles. The molecule has 3 rings (SSSR count). The predicted molar refractivity (Wildman–Crippen MR) is 97.9 cm³/mol. The van der Waals surface area contributed by atoms with Gasteiger partial charge < -0.3 is 10.2 Å². The van der Waals surface area contributed by atoms with E-state index in [0.29, 0.717) is 11.6 Å². The lowest BCUT2D eigenvalue weighted by Crippen LogP contribution is -2.36. The van der Waals surface area contributed by atoms with E-state index < -0.39 is 0 Å². The monoisotopic (exact) mass is 341 g/mol. The van der Waals surface area contributed by atoms with Crippen LogP contribution in [0, 0.1) is 12.8 Å². The maximum Gasteiger partial charge on any atom is 0.273 e. The van der Waals surface area contributed by atoms with Crippen molar-refractivity contribution in [2.24, 2.45) is 5.92 Å². The summed E-state index contributed by atoms with van der Waals surface area (Å²) >= 11 is 0. The fourth-order valence-corrected chi connectivity index (χ4v) is 3.14. The molecule has 1 N–H and O–H groups in total. The topological polar surface area (TPSA) is 63.1 Å². The van der Waals surface area contributed by atoms with Gasteiger partial charge in [-0.3, -0.25) is 4.79 Å². The van der Waals surface area contributed by atoms with Gasteiger partial charge in [0.05, 0.1) is 11.4 Å². The van der Waals surface area contributed by atoms with Crippen LogP contribution in [-0.2, 0) is 13.0 Å². The van der Waals surface area contributed by atoms with Crippen molar-refractivity contribution in [1.29, 1.82) is 0 Å². The average molecular weight is 341 g/mol. The first kappa shape index (κ1) is 17.6. The molecule has 0 fully saturated rings. The maximum atomic E-state index is 12.5. The van der Waals surface area contributed by atoms with Crippen molar-refractivity contribution in [2.75, 3.05) is 13.6 Å². The molecule has 134 valence electrons. The predicted octanol–water partition coefficient (Wildman–Crippen LogP) is 2.34. The van der Waals surface area contributed by atoms with Crippen molar-refractivity contribution in [1.82, 2.24) is 25.2 Å². The number of nitrogens with zero attached hydrogens (tertiary/aromatic N) is 4. The lowest BCUT2D eigenvalue weighted by molar-refractivity contribution is 0.0924. The summed E-state index contributed by atoms with van der Waals surface area (Å²) in [6, 6.07) is 6.37. The molecule has 6 heteroatoms. The number of likely N-dealkylation sites (N-methyl/N-ethyl adjacent to an activating group) is 1. The molecule has 2 heterocycles. The van der Waals surface area contributed by atoms with Gasteiger partial charge in [0, 0.05) is 19.1 Å². The molecule has 25 heavy (non-hydrogen) atoms. The van der Waals surface area contributed by atoms with Crippen LogP contribution in [0.1, 0.15) is 48.1 Å². The van der Waals surface area contributed by atoms with Crippen molar-refractivity contribution >= 4 is 5.91 Å². The van der Waals surface area contributed by atoms with E-state index in [1.807, 2.05) is 13.8 Å². The van der Waals surface area contributed by atoms with E-state index in [4.69, 9.17) is 0 Å². The zero-order valence-corrected chi connectivity index (χ0v) is 15.7. The molecule has 1 unspecified atom stereocenters. The van der Waals surface area contributed by atoms with Crippen molar-refractivity contribution in [3.8, 4) is 5.69 Å². The molecule has 1 aliphatic rings. The number of nitrogens with one attached hydrogen (secondary N) is 1. The smallest absolute Gasteiger partial charge is 0.273 e. The summed E-state index contributed by atoms with van der Waals surface area (Å²) < 4.78 is 1.80. The summed E-state index contributed by atoms with van der Waals surface area (Å²) in [5.74, 6) is 0.215. The lowest BCUT2D eigenvalue weighted by atomic mass is 9.98. The van der Waals surface area contributed by atoms with Crippen LogP contribution in [0.4, 0.5) is 0 Å². The third kappa shape index (κ3) is 3.44. The quantitative estimate of drug-likeness (QED) is 0.927. The zero-order valence-electron chi connectivity index (χ0n) is 15.7. The molecule has 1 atom stereocenters. The number of benzene rings is 1. The molecule has 1 aromatic carbocycles. The summed E-state index contributed by atoms with van der Waals surface area (Å²) in [7, 11) is 2.13. The van der Waals surface area contributed by atoms with E-state index in [1.165, 1.54) is 11.1 Å². The van der Waals surface area contributed by atoms with E-state index in [2.05, 4.69) is 59.6 Å². The van der Waals surface area contributed by atoms with Gasteiger partial charge in [-0.15, -0.1) is 5.10 Å². The molecule has 0 saturated heterocycles. The van der Waals surface area contributed by atoms with Gasteiger partial charge >= 0.3 is 0 Å². The molecular weight excluding hydrogens is 314 g/mol. The van der Waals surface area contributed by atoms with Crippen LogP contribution in [0.2, 0.25) is 0 Å². The number of hydrogen-bond acceptors (Lipinski definition) is 4. The molecule has 0 aliphatic carbocycles.